The SMILES string of the molecule is O=C([C@H]1C[C@H](Cc2ccccc2)CN1)N1CCCN(C2CCC2)CC1. The van der Waals surface area contributed by atoms with E-state index in [1.54, 1.807) is 0 Å². The van der Waals surface area contributed by atoms with Gasteiger partial charge in [-0.15, -0.1) is 0 Å². The predicted octanol–water partition coefficient (Wildman–Crippen LogP) is 2.29. The van der Waals surface area contributed by atoms with Crippen molar-refractivity contribution in [3.05, 3.63) is 35.9 Å². The van der Waals surface area contributed by atoms with Gasteiger partial charge in [0.2, 0.25) is 5.91 Å². The Bertz CT molecular complexity index is 572. The summed E-state index contributed by atoms with van der Waals surface area (Å²) in [7, 11) is 0. The molecule has 0 radical (unpaired) electrons. The Hall–Kier alpha value is -1.39. The number of rotatable bonds is 4. The summed E-state index contributed by atoms with van der Waals surface area (Å²) in [6.07, 6.45) is 7.29. The van der Waals surface area contributed by atoms with Crippen LogP contribution in [0, 0.1) is 5.92 Å². The van der Waals surface area contributed by atoms with E-state index in [4.69, 9.17) is 0 Å². The first-order valence-electron chi connectivity index (χ1n) is 10.1. The van der Waals surface area contributed by atoms with Crippen LogP contribution in [0.2, 0.25) is 0 Å². The van der Waals surface area contributed by atoms with Gasteiger partial charge in [0.15, 0.2) is 0 Å². The second-order valence-electron chi connectivity index (χ2n) is 8.05. The zero-order valence-corrected chi connectivity index (χ0v) is 15.2. The number of nitrogens with one attached hydrogen (secondary N) is 1. The number of nitrogens with zero attached hydrogens (tertiary/aromatic N) is 2. The molecule has 1 aliphatic carbocycles. The maximum absolute atomic E-state index is 13.0. The summed E-state index contributed by atoms with van der Waals surface area (Å²) in [6.45, 7) is 5.05. The fraction of sp³-hybridized carbons (Fsp3) is 0.667. The molecule has 2 saturated heterocycles. The lowest BCUT2D eigenvalue weighted by molar-refractivity contribution is -0.133. The lowest BCUT2D eigenvalue weighted by Gasteiger charge is -2.36. The van der Waals surface area contributed by atoms with Crippen molar-refractivity contribution < 1.29 is 4.79 Å². The topological polar surface area (TPSA) is 35.6 Å². The third-order valence-electron chi connectivity index (χ3n) is 6.32. The highest BCUT2D eigenvalue weighted by molar-refractivity contribution is 5.82. The molecule has 1 N–H and O–H groups in total. The van der Waals surface area contributed by atoms with Crippen molar-refractivity contribution >= 4 is 5.91 Å². The highest BCUT2D eigenvalue weighted by Crippen LogP contribution is 2.26. The summed E-state index contributed by atoms with van der Waals surface area (Å²) < 4.78 is 0. The van der Waals surface area contributed by atoms with Crippen LogP contribution in [0.5, 0.6) is 0 Å². The van der Waals surface area contributed by atoms with E-state index < -0.39 is 0 Å². The van der Waals surface area contributed by atoms with Gasteiger partial charge in [-0.1, -0.05) is 36.8 Å². The van der Waals surface area contributed by atoms with Gasteiger partial charge in [-0.25, -0.2) is 0 Å². The summed E-state index contributed by atoms with van der Waals surface area (Å²) in [4.78, 5) is 17.7. The zero-order valence-electron chi connectivity index (χ0n) is 15.2. The molecule has 136 valence electrons. The highest BCUT2D eigenvalue weighted by Gasteiger charge is 2.34. The van der Waals surface area contributed by atoms with E-state index in [-0.39, 0.29) is 6.04 Å². The number of hydrogen-bond acceptors (Lipinski definition) is 3. The van der Waals surface area contributed by atoms with Crippen molar-refractivity contribution in [3.63, 3.8) is 0 Å². The summed E-state index contributed by atoms with van der Waals surface area (Å²) in [5, 5.41) is 3.50. The Labute approximate surface area is 151 Å². The Balaban J connectivity index is 1.28. The first kappa shape index (κ1) is 17.0. The van der Waals surface area contributed by atoms with E-state index in [1.165, 1.54) is 31.4 Å². The van der Waals surface area contributed by atoms with Crippen molar-refractivity contribution in [1.82, 2.24) is 15.1 Å². The molecule has 25 heavy (non-hydrogen) atoms. The van der Waals surface area contributed by atoms with Crippen LogP contribution in [0.15, 0.2) is 30.3 Å². The molecule has 4 rings (SSSR count). The number of carbonyl (C=O) groups is 1. The van der Waals surface area contributed by atoms with E-state index in [0.29, 0.717) is 11.8 Å². The van der Waals surface area contributed by atoms with Crippen molar-refractivity contribution in [1.29, 1.82) is 0 Å². The minimum Gasteiger partial charge on any atom is -0.340 e. The second-order valence-corrected chi connectivity index (χ2v) is 8.05. The van der Waals surface area contributed by atoms with Gasteiger partial charge >= 0.3 is 0 Å². The van der Waals surface area contributed by atoms with Gasteiger partial charge in [0.1, 0.15) is 0 Å². The minimum absolute atomic E-state index is 0.0314. The van der Waals surface area contributed by atoms with Crippen LogP contribution < -0.4 is 5.32 Å². The molecule has 2 heterocycles. The monoisotopic (exact) mass is 341 g/mol. The normalized spacial score (nSPS) is 28.6. The van der Waals surface area contributed by atoms with Crippen LogP contribution in [0.3, 0.4) is 0 Å². The first-order chi connectivity index (χ1) is 12.3. The summed E-state index contributed by atoms with van der Waals surface area (Å²) in [6, 6.07) is 11.5. The molecular weight excluding hydrogens is 310 g/mol. The molecule has 1 saturated carbocycles. The number of carbonyl (C=O) groups excluding carboxylic acids is 1. The van der Waals surface area contributed by atoms with Gasteiger partial charge < -0.3 is 10.2 Å². The van der Waals surface area contributed by atoms with Crippen molar-refractivity contribution in [2.24, 2.45) is 5.92 Å². The van der Waals surface area contributed by atoms with Gasteiger partial charge in [0, 0.05) is 32.2 Å². The predicted molar refractivity (Wildman–Crippen MR) is 100 cm³/mol. The fourth-order valence-electron chi connectivity index (χ4n) is 4.60. The molecule has 2 atom stereocenters. The van der Waals surface area contributed by atoms with Crippen molar-refractivity contribution in [2.45, 2.75) is 50.6 Å². The van der Waals surface area contributed by atoms with Crippen molar-refractivity contribution in [2.75, 3.05) is 32.7 Å². The summed E-state index contributed by atoms with van der Waals surface area (Å²) in [5.41, 5.74) is 1.38. The maximum atomic E-state index is 13.0. The molecule has 0 bridgehead atoms. The molecule has 2 aliphatic heterocycles. The molecule has 1 aromatic carbocycles. The Kier molecular flexibility index (Phi) is 5.37. The molecule has 4 heteroatoms. The average Bonchev–Trinajstić information content (AvgIpc) is 2.91. The maximum Gasteiger partial charge on any atom is 0.239 e. The van der Waals surface area contributed by atoms with Gasteiger partial charge in [-0.3, -0.25) is 9.69 Å². The van der Waals surface area contributed by atoms with Crippen molar-refractivity contribution in [3.8, 4) is 0 Å². The van der Waals surface area contributed by atoms with E-state index in [2.05, 4.69) is 45.4 Å². The Morgan fingerprint density at radius 2 is 1.88 bits per heavy atom. The van der Waals surface area contributed by atoms with Crippen LogP contribution in [-0.2, 0) is 11.2 Å². The summed E-state index contributed by atoms with van der Waals surface area (Å²) >= 11 is 0. The number of hydrogen-bond donors (Lipinski definition) is 1. The molecule has 1 aromatic rings. The third kappa shape index (κ3) is 4.06. The van der Waals surface area contributed by atoms with E-state index in [9.17, 15) is 4.79 Å². The number of amides is 1. The molecule has 4 nitrogen and oxygen atoms in total. The number of benzene rings is 1. The van der Waals surface area contributed by atoms with Crippen LogP contribution in [0.4, 0.5) is 0 Å². The highest BCUT2D eigenvalue weighted by atomic mass is 16.2. The first-order valence-corrected chi connectivity index (χ1v) is 10.1. The van der Waals surface area contributed by atoms with Gasteiger partial charge in [0.05, 0.1) is 6.04 Å². The molecular formula is C21H31N3O. The second kappa shape index (κ2) is 7.88. The lowest BCUT2D eigenvalue weighted by Crippen LogP contribution is -2.46. The average molecular weight is 341 g/mol. The largest absolute Gasteiger partial charge is 0.340 e. The molecule has 0 spiro atoms. The van der Waals surface area contributed by atoms with Gasteiger partial charge in [-0.2, -0.15) is 0 Å². The molecule has 3 aliphatic rings. The van der Waals surface area contributed by atoms with E-state index >= 15 is 0 Å². The van der Waals surface area contributed by atoms with Crippen LogP contribution in [-0.4, -0.2) is 60.5 Å². The van der Waals surface area contributed by atoms with E-state index in [0.717, 1.165) is 51.5 Å². The Morgan fingerprint density at radius 1 is 1.04 bits per heavy atom. The smallest absolute Gasteiger partial charge is 0.239 e. The standard InChI is InChI=1S/C21H31N3O/c25-21(24-11-5-10-23(12-13-24)19-8-4-9-19)20-15-18(16-22-20)14-17-6-2-1-3-7-17/h1-3,6-7,18-20,22H,4-5,8-16H2/t18-,20+/m0/s1. The molecule has 1 amide bonds. The zero-order chi connectivity index (χ0) is 17.1. The lowest BCUT2D eigenvalue weighted by atomic mass is 9.91. The fourth-order valence-corrected chi connectivity index (χ4v) is 4.60. The molecule has 3 fully saturated rings. The third-order valence-corrected chi connectivity index (χ3v) is 6.32. The Morgan fingerprint density at radius 3 is 2.64 bits per heavy atom. The minimum atomic E-state index is 0.0314. The van der Waals surface area contributed by atoms with Gasteiger partial charge in [-0.05, 0) is 50.1 Å². The van der Waals surface area contributed by atoms with E-state index in [1.807, 2.05) is 0 Å². The quantitative estimate of drug-likeness (QED) is 0.913. The molecule has 0 aromatic heterocycles. The summed E-state index contributed by atoms with van der Waals surface area (Å²) in [5.74, 6) is 0.917. The van der Waals surface area contributed by atoms with Gasteiger partial charge in [0.25, 0.3) is 0 Å². The van der Waals surface area contributed by atoms with Crippen LogP contribution in [0.25, 0.3) is 0 Å². The van der Waals surface area contributed by atoms with Crippen LogP contribution in [0.1, 0.15) is 37.7 Å². The van der Waals surface area contributed by atoms with Crippen LogP contribution >= 0.6 is 0 Å². The molecule has 0 unspecified atom stereocenters.